The van der Waals surface area contributed by atoms with Crippen LogP contribution in [-0.4, -0.2) is 45.3 Å². The maximum atomic E-state index is 6.12. The number of benzene rings is 1. The number of rotatable bonds is 8. The zero-order valence-electron chi connectivity index (χ0n) is 12.1. The van der Waals surface area contributed by atoms with E-state index in [1.54, 1.807) is 20.3 Å². The first-order valence-corrected chi connectivity index (χ1v) is 6.91. The third kappa shape index (κ3) is 4.48. The van der Waals surface area contributed by atoms with Crippen molar-refractivity contribution in [1.29, 1.82) is 0 Å². The second kappa shape index (κ2) is 8.12. The lowest BCUT2D eigenvalue weighted by Crippen LogP contribution is -2.28. The van der Waals surface area contributed by atoms with Gasteiger partial charge < -0.3 is 19.7 Å². The summed E-state index contributed by atoms with van der Waals surface area (Å²) in [6, 6.07) is 3.63. The highest BCUT2D eigenvalue weighted by atomic mass is 35.5. The van der Waals surface area contributed by atoms with E-state index in [9.17, 15) is 0 Å². The predicted octanol–water partition coefficient (Wildman–Crippen LogP) is 3.11. The van der Waals surface area contributed by atoms with Gasteiger partial charge in [-0.3, -0.25) is 0 Å². The van der Waals surface area contributed by atoms with Crippen LogP contribution < -0.4 is 14.8 Å². The van der Waals surface area contributed by atoms with Gasteiger partial charge in [-0.1, -0.05) is 25.4 Å². The lowest BCUT2D eigenvalue weighted by molar-refractivity contribution is 0.315. The highest BCUT2D eigenvalue weighted by Crippen LogP contribution is 2.35. The smallest absolute Gasteiger partial charge is 0.145 e. The average molecular weight is 287 g/mol. The molecule has 1 rings (SSSR count). The van der Waals surface area contributed by atoms with Crippen LogP contribution in [0.15, 0.2) is 12.1 Å². The van der Waals surface area contributed by atoms with Crippen molar-refractivity contribution in [3.63, 3.8) is 0 Å². The lowest BCUT2D eigenvalue weighted by Gasteiger charge is -2.19. The summed E-state index contributed by atoms with van der Waals surface area (Å²) in [5.74, 6) is 1.36. The molecule has 108 valence electrons. The zero-order valence-corrected chi connectivity index (χ0v) is 12.9. The Hall–Kier alpha value is -1.13. The van der Waals surface area contributed by atoms with Crippen molar-refractivity contribution in [3.8, 4) is 11.5 Å². The largest absolute Gasteiger partial charge is 0.495 e. The molecule has 0 saturated carbocycles. The first kappa shape index (κ1) is 15.9. The van der Waals surface area contributed by atoms with Gasteiger partial charge in [-0.2, -0.15) is 0 Å². The number of ether oxygens (including phenoxy) is 2. The molecule has 0 aromatic heterocycles. The average Bonchev–Trinajstić information content (AvgIpc) is 2.44. The molecular weight excluding hydrogens is 264 g/mol. The summed E-state index contributed by atoms with van der Waals surface area (Å²) in [5, 5.41) is 3.93. The quantitative estimate of drug-likeness (QED) is 0.796. The Morgan fingerprint density at radius 1 is 1.11 bits per heavy atom. The third-order valence-corrected chi connectivity index (χ3v) is 3.41. The van der Waals surface area contributed by atoms with Crippen LogP contribution in [-0.2, 0) is 0 Å². The number of nitrogens with zero attached hydrogens (tertiary/aromatic N) is 1. The van der Waals surface area contributed by atoms with Gasteiger partial charge in [0.1, 0.15) is 11.5 Å². The molecule has 0 unspecified atom stereocenters. The minimum atomic E-state index is 0.577. The number of hydrogen-bond acceptors (Lipinski definition) is 4. The van der Waals surface area contributed by atoms with E-state index in [4.69, 9.17) is 21.1 Å². The van der Waals surface area contributed by atoms with Crippen LogP contribution in [0.2, 0.25) is 5.02 Å². The summed E-state index contributed by atoms with van der Waals surface area (Å²) in [6.07, 6.45) is 0. The molecule has 0 heterocycles. The van der Waals surface area contributed by atoms with Gasteiger partial charge in [-0.25, -0.2) is 0 Å². The second-order valence-electron chi connectivity index (χ2n) is 4.14. The van der Waals surface area contributed by atoms with Crippen molar-refractivity contribution in [1.82, 2.24) is 4.90 Å². The minimum absolute atomic E-state index is 0.577. The minimum Gasteiger partial charge on any atom is -0.495 e. The fourth-order valence-corrected chi connectivity index (χ4v) is 2.13. The SMILES string of the molecule is CCN(CC)CCNc1cc(Cl)c(OC)cc1OC. The molecule has 0 atom stereocenters. The van der Waals surface area contributed by atoms with E-state index in [0.29, 0.717) is 10.8 Å². The molecule has 0 radical (unpaired) electrons. The monoisotopic (exact) mass is 286 g/mol. The molecular formula is C14H23ClN2O2. The van der Waals surface area contributed by atoms with E-state index in [1.165, 1.54) is 0 Å². The normalized spacial score (nSPS) is 10.6. The van der Waals surface area contributed by atoms with Gasteiger partial charge >= 0.3 is 0 Å². The molecule has 0 fully saturated rings. The molecule has 0 aliphatic heterocycles. The molecule has 0 aliphatic carbocycles. The van der Waals surface area contributed by atoms with Crippen LogP contribution in [0.1, 0.15) is 13.8 Å². The Labute approximate surface area is 120 Å². The summed E-state index contributed by atoms with van der Waals surface area (Å²) in [5.41, 5.74) is 0.889. The molecule has 0 saturated heterocycles. The third-order valence-electron chi connectivity index (χ3n) is 3.11. The Morgan fingerprint density at radius 3 is 2.26 bits per heavy atom. The number of methoxy groups -OCH3 is 2. The number of anilines is 1. The maximum Gasteiger partial charge on any atom is 0.145 e. The number of likely N-dealkylation sites (N-methyl/N-ethyl adjacent to an activating group) is 1. The van der Waals surface area contributed by atoms with Gasteiger partial charge in [-0.05, 0) is 19.2 Å². The van der Waals surface area contributed by atoms with Crippen LogP contribution in [0.3, 0.4) is 0 Å². The van der Waals surface area contributed by atoms with Crippen LogP contribution in [0.25, 0.3) is 0 Å². The number of hydrogen-bond donors (Lipinski definition) is 1. The highest BCUT2D eigenvalue weighted by Gasteiger charge is 2.09. The summed E-state index contributed by atoms with van der Waals surface area (Å²) in [4.78, 5) is 2.35. The summed E-state index contributed by atoms with van der Waals surface area (Å²) in [6.45, 7) is 8.26. The van der Waals surface area contributed by atoms with Crippen molar-refractivity contribution in [2.45, 2.75) is 13.8 Å². The fourth-order valence-electron chi connectivity index (χ4n) is 1.89. The van der Waals surface area contributed by atoms with Crippen LogP contribution >= 0.6 is 11.6 Å². The van der Waals surface area contributed by atoms with Crippen LogP contribution in [0, 0.1) is 0 Å². The van der Waals surface area contributed by atoms with E-state index in [1.807, 2.05) is 6.07 Å². The van der Waals surface area contributed by atoms with Gasteiger partial charge in [0.15, 0.2) is 0 Å². The van der Waals surface area contributed by atoms with Crippen LogP contribution in [0.5, 0.6) is 11.5 Å². The highest BCUT2D eigenvalue weighted by molar-refractivity contribution is 6.32. The van der Waals surface area contributed by atoms with Gasteiger partial charge in [0.05, 0.1) is 24.9 Å². The first-order valence-electron chi connectivity index (χ1n) is 6.53. The molecule has 1 aromatic rings. The molecule has 1 N–H and O–H groups in total. The van der Waals surface area contributed by atoms with E-state index < -0.39 is 0 Å². The van der Waals surface area contributed by atoms with Gasteiger partial charge in [0.2, 0.25) is 0 Å². The van der Waals surface area contributed by atoms with Gasteiger partial charge in [-0.15, -0.1) is 0 Å². The predicted molar refractivity (Wildman–Crippen MR) is 80.8 cm³/mol. The van der Waals surface area contributed by atoms with Crippen molar-refractivity contribution < 1.29 is 9.47 Å². The molecule has 1 aromatic carbocycles. The topological polar surface area (TPSA) is 33.7 Å². The standard InChI is InChI=1S/C14H23ClN2O2/c1-5-17(6-2)8-7-16-12-9-11(15)13(18-3)10-14(12)19-4/h9-10,16H,5-8H2,1-4H3. The molecule has 0 amide bonds. The number of nitrogens with one attached hydrogen (secondary N) is 1. The van der Waals surface area contributed by atoms with Gasteiger partial charge in [0.25, 0.3) is 0 Å². The Morgan fingerprint density at radius 2 is 1.74 bits per heavy atom. The first-order chi connectivity index (χ1) is 9.15. The van der Waals surface area contributed by atoms with Crippen molar-refractivity contribution in [3.05, 3.63) is 17.2 Å². The van der Waals surface area contributed by atoms with E-state index in [0.717, 1.165) is 37.6 Å². The Balaban J connectivity index is 2.69. The molecule has 0 spiro atoms. The summed E-state index contributed by atoms with van der Waals surface area (Å²) in [7, 11) is 3.23. The van der Waals surface area contributed by atoms with Gasteiger partial charge in [0, 0.05) is 19.2 Å². The van der Waals surface area contributed by atoms with E-state index >= 15 is 0 Å². The Bertz CT molecular complexity index is 395. The van der Waals surface area contributed by atoms with E-state index in [-0.39, 0.29) is 0 Å². The van der Waals surface area contributed by atoms with E-state index in [2.05, 4.69) is 24.1 Å². The fraction of sp³-hybridized carbons (Fsp3) is 0.571. The molecule has 0 aliphatic rings. The van der Waals surface area contributed by atoms with Crippen molar-refractivity contribution in [2.24, 2.45) is 0 Å². The molecule has 5 heteroatoms. The summed E-state index contributed by atoms with van der Waals surface area (Å²) >= 11 is 6.12. The zero-order chi connectivity index (χ0) is 14.3. The van der Waals surface area contributed by atoms with Crippen LogP contribution in [0.4, 0.5) is 5.69 Å². The molecule has 4 nitrogen and oxygen atoms in total. The molecule has 0 bridgehead atoms. The Kier molecular flexibility index (Phi) is 6.81. The maximum absolute atomic E-state index is 6.12. The summed E-state index contributed by atoms with van der Waals surface area (Å²) < 4.78 is 10.5. The van der Waals surface area contributed by atoms with Crippen molar-refractivity contribution in [2.75, 3.05) is 45.7 Å². The lowest BCUT2D eigenvalue weighted by atomic mass is 10.2. The number of halogens is 1. The molecule has 19 heavy (non-hydrogen) atoms. The second-order valence-corrected chi connectivity index (χ2v) is 4.55. The van der Waals surface area contributed by atoms with Crippen molar-refractivity contribution >= 4 is 17.3 Å².